The van der Waals surface area contributed by atoms with Crippen molar-refractivity contribution in [1.29, 1.82) is 0 Å². The minimum Gasteiger partial charge on any atom is -0.444 e. The average molecular weight is 473 g/mol. The molecule has 2 unspecified atom stereocenters. The summed E-state index contributed by atoms with van der Waals surface area (Å²) in [5, 5.41) is 0. The number of benzene rings is 1. The van der Waals surface area contributed by atoms with E-state index in [0.29, 0.717) is 6.54 Å². The highest BCUT2D eigenvalue weighted by molar-refractivity contribution is 5.95. The molecular weight excluding hydrogens is 436 g/mol. The number of nitrogens with zero attached hydrogens (tertiary/aromatic N) is 2. The zero-order valence-corrected chi connectivity index (χ0v) is 20.9. The smallest absolute Gasteiger partial charge is 0.417 e. The first-order chi connectivity index (χ1) is 16.0. The summed E-state index contributed by atoms with van der Waals surface area (Å²) in [5.74, 6) is -1.01. The van der Waals surface area contributed by atoms with Crippen molar-refractivity contribution in [2.75, 3.05) is 13.7 Å². The fraction of sp³-hybridized carbons (Fsp3) is 0.654. The second kappa shape index (κ2) is 8.87. The number of methoxy groups -OCH3 is 1. The van der Waals surface area contributed by atoms with Crippen molar-refractivity contribution >= 4 is 18.1 Å². The zero-order chi connectivity index (χ0) is 24.8. The average Bonchev–Trinajstić information content (AvgIpc) is 3.32. The number of amides is 3. The summed E-state index contributed by atoms with van der Waals surface area (Å²) in [5.41, 5.74) is 0.308. The Balaban J connectivity index is 1.53. The van der Waals surface area contributed by atoms with Crippen molar-refractivity contribution in [1.82, 2.24) is 9.80 Å². The summed E-state index contributed by atoms with van der Waals surface area (Å²) in [6, 6.07) is 8.66. The van der Waals surface area contributed by atoms with Gasteiger partial charge in [0.1, 0.15) is 11.7 Å². The fourth-order valence-electron chi connectivity index (χ4n) is 5.35. The van der Waals surface area contributed by atoms with Gasteiger partial charge in [0.05, 0.1) is 24.1 Å². The van der Waals surface area contributed by atoms with Gasteiger partial charge in [-0.05, 0) is 57.9 Å². The van der Waals surface area contributed by atoms with Gasteiger partial charge in [0.15, 0.2) is 0 Å². The molecule has 8 nitrogen and oxygen atoms in total. The van der Waals surface area contributed by atoms with Gasteiger partial charge in [0.2, 0.25) is 5.91 Å². The van der Waals surface area contributed by atoms with E-state index in [4.69, 9.17) is 14.2 Å². The number of carbonyl (C=O) groups excluding carboxylic acids is 3. The van der Waals surface area contributed by atoms with Crippen LogP contribution >= 0.6 is 0 Å². The lowest BCUT2D eigenvalue weighted by Gasteiger charge is -2.35. The van der Waals surface area contributed by atoms with E-state index in [2.05, 4.69) is 0 Å². The Bertz CT molecular complexity index is 938. The van der Waals surface area contributed by atoms with Crippen molar-refractivity contribution in [3.8, 4) is 0 Å². The number of hydrogen-bond acceptors (Lipinski definition) is 6. The van der Waals surface area contributed by atoms with Gasteiger partial charge in [-0.15, -0.1) is 0 Å². The van der Waals surface area contributed by atoms with E-state index in [1.807, 2.05) is 58.0 Å². The summed E-state index contributed by atoms with van der Waals surface area (Å²) in [7, 11) is 1.55. The van der Waals surface area contributed by atoms with Crippen LogP contribution in [-0.4, -0.2) is 65.3 Å². The topological polar surface area (TPSA) is 85.4 Å². The standard InChI is InChI=1S/C26H36N2O6/c1-16(22(29)28-17(2)21(33-24(28)31)18-10-8-7-9-11-18)20(32-6)19-14-26(12-13-26)15-27(19)23(30)34-25(3,4)5/h7-11,16-17,19-21H,12-15H2,1-6H3/t16?,17-,19+,20?,21-/m1/s1. The Labute approximate surface area is 201 Å². The SMILES string of the molecule is COC(C(C)C(=O)N1C(=O)O[C@@H](c2ccccc2)[C@H]1C)[C@@H]1CC2(CC2)CN1C(=O)OC(C)(C)C. The van der Waals surface area contributed by atoms with E-state index in [1.54, 1.807) is 18.9 Å². The summed E-state index contributed by atoms with van der Waals surface area (Å²) in [4.78, 5) is 42.3. The number of carbonyl (C=O) groups is 3. The lowest BCUT2D eigenvalue weighted by Crippen LogP contribution is -2.52. The van der Waals surface area contributed by atoms with Crippen LogP contribution in [0.1, 0.15) is 65.5 Å². The largest absolute Gasteiger partial charge is 0.444 e. The number of cyclic esters (lactones) is 1. The number of imide groups is 1. The van der Waals surface area contributed by atoms with Gasteiger partial charge in [0, 0.05) is 13.7 Å². The molecule has 1 saturated carbocycles. The second-order valence-electron chi connectivity index (χ2n) is 11.0. The van der Waals surface area contributed by atoms with E-state index in [-0.39, 0.29) is 23.5 Å². The zero-order valence-electron chi connectivity index (χ0n) is 20.9. The van der Waals surface area contributed by atoms with Gasteiger partial charge in [-0.2, -0.15) is 0 Å². The fourth-order valence-corrected chi connectivity index (χ4v) is 5.35. The van der Waals surface area contributed by atoms with Crippen LogP contribution in [0.4, 0.5) is 9.59 Å². The van der Waals surface area contributed by atoms with Crippen molar-refractivity contribution in [3.63, 3.8) is 0 Å². The minimum absolute atomic E-state index is 0.0827. The van der Waals surface area contributed by atoms with Gasteiger partial charge in [-0.25, -0.2) is 14.5 Å². The third-order valence-corrected chi connectivity index (χ3v) is 7.30. The van der Waals surface area contributed by atoms with Crippen LogP contribution in [0.15, 0.2) is 30.3 Å². The van der Waals surface area contributed by atoms with Crippen molar-refractivity contribution in [2.45, 2.75) is 83.8 Å². The molecule has 0 radical (unpaired) electrons. The highest BCUT2D eigenvalue weighted by Gasteiger charge is 2.57. The maximum atomic E-state index is 13.6. The number of rotatable bonds is 5. The van der Waals surface area contributed by atoms with E-state index in [0.717, 1.165) is 24.8 Å². The quantitative estimate of drug-likeness (QED) is 0.626. The predicted molar refractivity (Wildman–Crippen MR) is 125 cm³/mol. The molecule has 0 aromatic heterocycles. The molecule has 5 atom stereocenters. The molecule has 3 amide bonds. The van der Waals surface area contributed by atoms with Gasteiger partial charge in [-0.3, -0.25) is 4.79 Å². The Hall–Kier alpha value is -2.61. The maximum absolute atomic E-state index is 13.6. The Kier molecular flexibility index (Phi) is 6.40. The van der Waals surface area contributed by atoms with Crippen molar-refractivity contribution in [2.24, 2.45) is 11.3 Å². The maximum Gasteiger partial charge on any atom is 0.417 e. The van der Waals surface area contributed by atoms with Gasteiger partial charge in [-0.1, -0.05) is 37.3 Å². The molecule has 34 heavy (non-hydrogen) atoms. The molecule has 0 N–H and O–H groups in total. The predicted octanol–water partition coefficient (Wildman–Crippen LogP) is 4.54. The van der Waals surface area contributed by atoms with Crippen LogP contribution in [0.2, 0.25) is 0 Å². The van der Waals surface area contributed by atoms with Crippen LogP contribution < -0.4 is 0 Å². The monoisotopic (exact) mass is 472 g/mol. The van der Waals surface area contributed by atoms with Crippen molar-refractivity contribution in [3.05, 3.63) is 35.9 Å². The van der Waals surface area contributed by atoms with Gasteiger partial charge < -0.3 is 19.1 Å². The summed E-state index contributed by atoms with van der Waals surface area (Å²) >= 11 is 0. The number of likely N-dealkylation sites (tertiary alicyclic amines) is 1. The van der Waals surface area contributed by atoms with E-state index in [9.17, 15) is 14.4 Å². The molecular formula is C26H36N2O6. The molecule has 3 aliphatic rings. The van der Waals surface area contributed by atoms with Gasteiger partial charge >= 0.3 is 12.2 Å². The van der Waals surface area contributed by atoms with E-state index >= 15 is 0 Å². The summed E-state index contributed by atoms with van der Waals surface area (Å²) < 4.78 is 17.1. The number of hydrogen-bond donors (Lipinski definition) is 0. The summed E-state index contributed by atoms with van der Waals surface area (Å²) in [6.07, 6.45) is 0.727. The van der Waals surface area contributed by atoms with Crippen molar-refractivity contribution < 1.29 is 28.6 Å². The first-order valence-electron chi connectivity index (χ1n) is 12.1. The third-order valence-electron chi connectivity index (χ3n) is 7.30. The summed E-state index contributed by atoms with van der Waals surface area (Å²) in [6.45, 7) is 9.70. The molecule has 1 spiro atoms. The molecule has 0 bridgehead atoms. The molecule has 3 fully saturated rings. The molecule has 8 heteroatoms. The van der Waals surface area contributed by atoms with Crippen LogP contribution in [0.25, 0.3) is 0 Å². The number of ether oxygens (including phenoxy) is 3. The third kappa shape index (κ3) is 4.65. The lowest BCUT2D eigenvalue weighted by atomic mass is 9.91. The molecule has 1 aliphatic carbocycles. The highest BCUT2D eigenvalue weighted by atomic mass is 16.6. The minimum atomic E-state index is -0.654. The van der Waals surface area contributed by atoms with Crippen LogP contribution in [0, 0.1) is 11.3 Å². The van der Waals surface area contributed by atoms with E-state index in [1.165, 1.54) is 4.90 Å². The molecule has 186 valence electrons. The molecule has 2 saturated heterocycles. The lowest BCUT2D eigenvalue weighted by molar-refractivity contribution is -0.139. The first-order valence-corrected chi connectivity index (χ1v) is 12.1. The Morgan fingerprint density at radius 1 is 1.18 bits per heavy atom. The molecule has 2 heterocycles. The van der Waals surface area contributed by atoms with Gasteiger partial charge in [0.25, 0.3) is 0 Å². The normalized spacial score (nSPS) is 27.5. The van der Waals surface area contributed by atoms with Crippen LogP contribution in [-0.2, 0) is 19.0 Å². The second-order valence-corrected chi connectivity index (χ2v) is 11.0. The molecule has 1 aromatic rings. The first kappa shape index (κ1) is 24.5. The van der Waals surface area contributed by atoms with Crippen LogP contribution in [0.5, 0.6) is 0 Å². The van der Waals surface area contributed by atoms with E-state index < -0.39 is 35.9 Å². The Morgan fingerprint density at radius 2 is 1.82 bits per heavy atom. The van der Waals surface area contributed by atoms with Crippen LogP contribution in [0.3, 0.4) is 0 Å². The molecule has 1 aromatic carbocycles. The Morgan fingerprint density at radius 3 is 2.38 bits per heavy atom. The molecule has 2 aliphatic heterocycles. The highest BCUT2D eigenvalue weighted by Crippen LogP contribution is 2.56. The molecule has 4 rings (SSSR count).